The summed E-state index contributed by atoms with van der Waals surface area (Å²) >= 11 is 0. The third kappa shape index (κ3) is 9.32. The summed E-state index contributed by atoms with van der Waals surface area (Å²) in [5, 5.41) is 18.9. The summed E-state index contributed by atoms with van der Waals surface area (Å²) in [6.45, 7) is 5.94. The van der Waals surface area contributed by atoms with Gasteiger partial charge in [-0.2, -0.15) is 0 Å². The Morgan fingerprint density at radius 2 is 2.07 bits per heavy atom. The number of hydrogen-bond acceptors (Lipinski definition) is 3. The van der Waals surface area contributed by atoms with Crippen LogP contribution in [0.5, 0.6) is 0 Å². The molecule has 0 heterocycles. The number of allylic oxidation sites excluding steroid dienone is 5. The molecule has 28 heavy (non-hydrogen) atoms. The maximum absolute atomic E-state index is 12.2. The number of aliphatic hydroxyl groups excluding tert-OH is 1. The van der Waals surface area contributed by atoms with E-state index in [0.717, 1.165) is 44.1 Å². The largest absolute Gasteiger partial charge is 0.481 e. The van der Waals surface area contributed by atoms with Crippen molar-refractivity contribution in [2.45, 2.75) is 77.2 Å². The minimum absolute atomic E-state index is 0.00188. The summed E-state index contributed by atoms with van der Waals surface area (Å²) in [6, 6.07) is 0. The van der Waals surface area contributed by atoms with Crippen LogP contribution >= 0.6 is 0 Å². The van der Waals surface area contributed by atoms with Crippen LogP contribution in [0.2, 0.25) is 0 Å². The van der Waals surface area contributed by atoms with Gasteiger partial charge in [0.15, 0.2) is 0 Å². The molecule has 4 heteroatoms. The van der Waals surface area contributed by atoms with Crippen LogP contribution in [0.1, 0.15) is 71.1 Å². The van der Waals surface area contributed by atoms with E-state index in [0.29, 0.717) is 25.0 Å². The van der Waals surface area contributed by atoms with Crippen molar-refractivity contribution in [1.29, 1.82) is 0 Å². The van der Waals surface area contributed by atoms with E-state index in [2.05, 4.69) is 19.6 Å². The molecule has 1 aliphatic rings. The van der Waals surface area contributed by atoms with Gasteiger partial charge in [0, 0.05) is 18.8 Å². The lowest BCUT2D eigenvalue weighted by atomic mass is 9.91. The molecule has 0 radical (unpaired) electrons. The quantitative estimate of drug-likeness (QED) is 0.238. The molecule has 0 aliphatic heterocycles. The monoisotopic (exact) mass is 388 g/mol. The number of hydrogen-bond donors (Lipinski definition) is 2. The fourth-order valence-electron chi connectivity index (χ4n) is 3.58. The number of aliphatic carboxylic acids is 1. The van der Waals surface area contributed by atoms with Crippen molar-refractivity contribution in [3.63, 3.8) is 0 Å². The molecular formula is C24H36O4. The number of ketones is 1. The fourth-order valence-corrected chi connectivity index (χ4v) is 3.58. The number of carboxylic acids is 1. The highest BCUT2D eigenvalue weighted by Gasteiger charge is 2.31. The summed E-state index contributed by atoms with van der Waals surface area (Å²) in [5.74, 6) is -0.248. The first-order valence-electron chi connectivity index (χ1n) is 10.6. The Labute approximate surface area is 169 Å². The van der Waals surface area contributed by atoms with Crippen LogP contribution in [-0.2, 0) is 9.59 Å². The van der Waals surface area contributed by atoms with Gasteiger partial charge in [0.2, 0.25) is 0 Å². The van der Waals surface area contributed by atoms with Crippen LogP contribution in [0.3, 0.4) is 0 Å². The molecule has 1 fully saturated rings. The minimum Gasteiger partial charge on any atom is -0.481 e. The Bertz CT molecular complexity index is 585. The molecule has 4 nitrogen and oxygen atoms in total. The van der Waals surface area contributed by atoms with Crippen LogP contribution < -0.4 is 0 Å². The fraction of sp³-hybridized carbons (Fsp3) is 0.583. The average Bonchev–Trinajstić information content (AvgIpc) is 3.01. The highest BCUT2D eigenvalue weighted by atomic mass is 16.4. The lowest BCUT2D eigenvalue weighted by molar-refractivity contribution is -0.137. The second-order valence-corrected chi connectivity index (χ2v) is 7.54. The molecule has 1 unspecified atom stereocenters. The number of unbranched alkanes of at least 4 members (excludes halogenated alkanes) is 3. The highest BCUT2D eigenvalue weighted by molar-refractivity contribution is 5.83. The topological polar surface area (TPSA) is 74.6 Å². The van der Waals surface area contributed by atoms with Crippen LogP contribution in [0.25, 0.3) is 0 Å². The Balaban J connectivity index is 2.54. The average molecular weight is 389 g/mol. The maximum atomic E-state index is 12.2. The van der Waals surface area contributed by atoms with Crippen molar-refractivity contribution in [3.8, 4) is 0 Å². The van der Waals surface area contributed by atoms with Crippen LogP contribution in [-0.4, -0.2) is 28.1 Å². The van der Waals surface area contributed by atoms with Crippen molar-refractivity contribution in [2.75, 3.05) is 0 Å². The SMILES string of the molecule is C=C/C(=C\C=C\[C@H]1CCC(=O)[C@@H]1C/C=C\CCCC(=O)O)C(O)CCCCC. The van der Waals surface area contributed by atoms with Crippen LogP contribution in [0.15, 0.2) is 48.6 Å². The molecule has 0 saturated heterocycles. The van der Waals surface area contributed by atoms with Crippen LogP contribution in [0.4, 0.5) is 0 Å². The molecule has 1 rings (SSSR count). The van der Waals surface area contributed by atoms with Gasteiger partial charge in [-0.25, -0.2) is 0 Å². The third-order valence-electron chi connectivity index (χ3n) is 5.32. The Morgan fingerprint density at radius 1 is 1.29 bits per heavy atom. The number of aliphatic hydroxyl groups is 1. The van der Waals surface area contributed by atoms with Crippen molar-refractivity contribution in [2.24, 2.45) is 11.8 Å². The van der Waals surface area contributed by atoms with E-state index >= 15 is 0 Å². The summed E-state index contributed by atoms with van der Waals surface area (Å²) in [4.78, 5) is 22.7. The van der Waals surface area contributed by atoms with Gasteiger partial charge in [0.25, 0.3) is 0 Å². The lowest BCUT2D eigenvalue weighted by Gasteiger charge is -2.13. The third-order valence-corrected chi connectivity index (χ3v) is 5.32. The molecule has 0 aromatic heterocycles. The first kappa shape index (κ1) is 24.1. The van der Waals surface area contributed by atoms with Gasteiger partial charge in [-0.15, -0.1) is 0 Å². The number of rotatable bonds is 14. The van der Waals surface area contributed by atoms with Gasteiger partial charge in [-0.1, -0.05) is 69.2 Å². The lowest BCUT2D eigenvalue weighted by Crippen LogP contribution is -2.12. The predicted molar refractivity (Wildman–Crippen MR) is 114 cm³/mol. The standard InChI is InChI=1S/C24H36O4/c1-3-5-8-15-22(25)19(4-2)12-11-13-20-17-18-23(26)21(20)14-9-6-7-10-16-24(27)28/h4,6,9,11-13,20-22,25H,2-3,5,7-8,10,14-18H2,1H3,(H,27,28)/b9-6-,13-11+,19-12+/t20-,21+,22?/m0/s1. The van der Waals surface area contributed by atoms with E-state index in [4.69, 9.17) is 5.11 Å². The Kier molecular flexibility index (Phi) is 12.1. The van der Waals surface area contributed by atoms with E-state index in [-0.39, 0.29) is 18.3 Å². The van der Waals surface area contributed by atoms with Gasteiger partial charge >= 0.3 is 5.97 Å². The zero-order valence-electron chi connectivity index (χ0n) is 17.2. The summed E-state index contributed by atoms with van der Waals surface area (Å²) < 4.78 is 0. The van der Waals surface area contributed by atoms with E-state index in [1.165, 1.54) is 0 Å². The molecule has 0 bridgehead atoms. The summed E-state index contributed by atoms with van der Waals surface area (Å²) in [6.07, 6.45) is 18.9. The van der Waals surface area contributed by atoms with E-state index < -0.39 is 12.1 Å². The van der Waals surface area contributed by atoms with Gasteiger partial charge < -0.3 is 10.2 Å². The Hall–Kier alpha value is -1.94. The number of carbonyl (C=O) groups is 2. The molecule has 0 spiro atoms. The minimum atomic E-state index is -0.771. The number of Topliss-reactive ketones (excluding diaryl/α,β-unsaturated/α-hetero) is 1. The van der Waals surface area contributed by atoms with Gasteiger partial charge in [0.05, 0.1) is 6.10 Å². The molecule has 0 amide bonds. The van der Waals surface area contributed by atoms with Crippen molar-refractivity contribution in [1.82, 2.24) is 0 Å². The molecule has 0 aromatic carbocycles. The second kappa shape index (κ2) is 14.1. The van der Waals surface area contributed by atoms with Gasteiger partial charge in [-0.05, 0) is 43.6 Å². The molecular weight excluding hydrogens is 352 g/mol. The van der Waals surface area contributed by atoms with Crippen LogP contribution in [0, 0.1) is 11.8 Å². The molecule has 2 N–H and O–H groups in total. The summed E-state index contributed by atoms with van der Waals surface area (Å²) in [5.41, 5.74) is 0.826. The Morgan fingerprint density at radius 3 is 2.75 bits per heavy atom. The van der Waals surface area contributed by atoms with Gasteiger partial charge in [-0.3, -0.25) is 9.59 Å². The normalized spacial score (nSPS) is 21.6. The second-order valence-electron chi connectivity index (χ2n) is 7.54. The molecule has 3 atom stereocenters. The van der Waals surface area contributed by atoms with Gasteiger partial charge in [0.1, 0.15) is 5.78 Å². The summed E-state index contributed by atoms with van der Waals surface area (Å²) in [7, 11) is 0. The number of carbonyl (C=O) groups excluding carboxylic acids is 1. The first-order valence-corrected chi connectivity index (χ1v) is 10.6. The first-order chi connectivity index (χ1) is 13.5. The maximum Gasteiger partial charge on any atom is 0.303 e. The van der Waals surface area contributed by atoms with E-state index in [9.17, 15) is 14.7 Å². The highest BCUT2D eigenvalue weighted by Crippen LogP contribution is 2.32. The molecule has 0 aromatic rings. The van der Waals surface area contributed by atoms with E-state index in [1.807, 2.05) is 24.3 Å². The molecule has 1 aliphatic carbocycles. The van der Waals surface area contributed by atoms with E-state index in [1.54, 1.807) is 6.08 Å². The predicted octanol–water partition coefficient (Wildman–Crippen LogP) is 5.39. The zero-order chi connectivity index (χ0) is 20.8. The number of carboxylic acid groups (broad SMARTS) is 1. The van der Waals surface area contributed by atoms with Crippen molar-refractivity contribution >= 4 is 11.8 Å². The molecule has 1 saturated carbocycles. The van der Waals surface area contributed by atoms with Crippen molar-refractivity contribution < 1.29 is 19.8 Å². The van der Waals surface area contributed by atoms with Crippen molar-refractivity contribution in [3.05, 3.63) is 48.6 Å². The molecule has 156 valence electrons. The smallest absolute Gasteiger partial charge is 0.303 e. The zero-order valence-corrected chi connectivity index (χ0v) is 17.2.